The average Bonchev–Trinajstić information content (AvgIpc) is 1.96. The van der Waals surface area contributed by atoms with Gasteiger partial charge in [-0.2, -0.15) is 0 Å². The van der Waals surface area contributed by atoms with Crippen LogP contribution in [-0.4, -0.2) is 30.7 Å². The standard InChI is InChI=1S/C10H22N/c1-4-8-11(3)9-6-5-7-10(11)2/h10H,4-9H2,1-3H3/q+1/t10-,11-/m1/s1. The van der Waals surface area contributed by atoms with Crippen LogP contribution in [0.4, 0.5) is 0 Å². The number of nitrogens with zero attached hydrogens (tertiary/aromatic N) is 1. The van der Waals surface area contributed by atoms with Gasteiger partial charge in [0, 0.05) is 0 Å². The summed E-state index contributed by atoms with van der Waals surface area (Å²) in [6, 6.07) is 0.906. The van der Waals surface area contributed by atoms with Gasteiger partial charge in [0.1, 0.15) is 0 Å². The highest BCUT2D eigenvalue weighted by molar-refractivity contribution is 4.60. The van der Waals surface area contributed by atoms with E-state index in [2.05, 4.69) is 20.9 Å². The van der Waals surface area contributed by atoms with E-state index < -0.39 is 0 Å². The van der Waals surface area contributed by atoms with Crippen LogP contribution in [0.3, 0.4) is 0 Å². The van der Waals surface area contributed by atoms with Gasteiger partial charge in [-0.3, -0.25) is 0 Å². The van der Waals surface area contributed by atoms with Gasteiger partial charge in [0.25, 0.3) is 0 Å². The number of quaternary nitrogens is 1. The Hall–Kier alpha value is -0.0400. The van der Waals surface area contributed by atoms with E-state index in [1.54, 1.807) is 0 Å². The molecule has 66 valence electrons. The van der Waals surface area contributed by atoms with Crippen molar-refractivity contribution < 1.29 is 4.48 Å². The zero-order valence-corrected chi connectivity index (χ0v) is 8.27. The van der Waals surface area contributed by atoms with Crippen molar-refractivity contribution in [1.29, 1.82) is 0 Å². The predicted octanol–water partition coefficient (Wildman–Crippen LogP) is 2.42. The molecule has 0 saturated carbocycles. The molecule has 0 N–H and O–H groups in total. The van der Waals surface area contributed by atoms with Gasteiger partial charge in [0.15, 0.2) is 0 Å². The van der Waals surface area contributed by atoms with Crippen molar-refractivity contribution in [1.82, 2.24) is 0 Å². The van der Waals surface area contributed by atoms with Crippen molar-refractivity contribution in [3.63, 3.8) is 0 Å². The Morgan fingerprint density at radius 3 is 2.64 bits per heavy atom. The minimum Gasteiger partial charge on any atom is -0.324 e. The molecule has 11 heavy (non-hydrogen) atoms. The molecule has 0 amide bonds. The summed E-state index contributed by atoms with van der Waals surface area (Å²) in [5.41, 5.74) is 0. The Morgan fingerprint density at radius 1 is 1.36 bits per heavy atom. The van der Waals surface area contributed by atoms with Crippen LogP contribution < -0.4 is 0 Å². The second-order valence-corrected chi connectivity index (χ2v) is 4.27. The highest BCUT2D eigenvalue weighted by Crippen LogP contribution is 2.23. The van der Waals surface area contributed by atoms with Gasteiger partial charge >= 0.3 is 0 Å². The normalized spacial score (nSPS) is 39.0. The Morgan fingerprint density at radius 2 is 2.09 bits per heavy atom. The Labute approximate surface area is 71.0 Å². The maximum atomic E-state index is 2.42. The second-order valence-electron chi connectivity index (χ2n) is 4.27. The first-order valence-corrected chi connectivity index (χ1v) is 5.03. The van der Waals surface area contributed by atoms with E-state index in [-0.39, 0.29) is 0 Å². The third-order valence-corrected chi connectivity index (χ3v) is 3.34. The lowest BCUT2D eigenvalue weighted by Crippen LogP contribution is -2.54. The van der Waals surface area contributed by atoms with Gasteiger partial charge in [-0.05, 0) is 32.6 Å². The summed E-state index contributed by atoms with van der Waals surface area (Å²) in [5.74, 6) is 0. The molecule has 0 aromatic carbocycles. The SMILES string of the molecule is CCC[N@+]1(C)CCCC[C@H]1C. The van der Waals surface area contributed by atoms with Crippen LogP contribution in [-0.2, 0) is 0 Å². The lowest BCUT2D eigenvalue weighted by molar-refractivity contribution is -0.936. The van der Waals surface area contributed by atoms with Crippen molar-refractivity contribution in [2.75, 3.05) is 20.1 Å². The van der Waals surface area contributed by atoms with Gasteiger partial charge in [-0.1, -0.05) is 6.92 Å². The van der Waals surface area contributed by atoms with Crippen LogP contribution in [0.5, 0.6) is 0 Å². The highest BCUT2D eigenvalue weighted by Gasteiger charge is 2.30. The first kappa shape index (κ1) is 9.05. The van der Waals surface area contributed by atoms with Gasteiger partial charge in [-0.15, -0.1) is 0 Å². The molecular weight excluding hydrogens is 134 g/mol. The predicted molar refractivity (Wildman–Crippen MR) is 49.5 cm³/mol. The molecule has 1 rings (SSSR count). The fourth-order valence-corrected chi connectivity index (χ4v) is 2.29. The number of hydrogen-bond donors (Lipinski definition) is 0. The maximum absolute atomic E-state index is 2.42. The third kappa shape index (κ3) is 1.96. The molecular formula is C10H22N+. The molecule has 1 aliphatic heterocycles. The molecule has 0 spiro atoms. The molecule has 1 saturated heterocycles. The quantitative estimate of drug-likeness (QED) is 0.539. The van der Waals surface area contributed by atoms with Crippen molar-refractivity contribution in [3.05, 3.63) is 0 Å². The molecule has 1 heteroatoms. The van der Waals surface area contributed by atoms with Gasteiger partial charge in [0.05, 0.1) is 26.2 Å². The van der Waals surface area contributed by atoms with E-state index in [0.717, 1.165) is 6.04 Å². The number of hydrogen-bond acceptors (Lipinski definition) is 0. The topological polar surface area (TPSA) is 0 Å². The molecule has 1 fully saturated rings. The van der Waals surface area contributed by atoms with Crippen LogP contribution >= 0.6 is 0 Å². The summed E-state index contributed by atoms with van der Waals surface area (Å²) in [4.78, 5) is 0. The molecule has 1 nitrogen and oxygen atoms in total. The van der Waals surface area contributed by atoms with E-state index in [0.29, 0.717) is 0 Å². The van der Waals surface area contributed by atoms with Crippen molar-refractivity contribution in [3.8, 4) is 0 Å². The molecule has 0 aromatic rings. The lowest BCUT2D eigenvalue weighted by atomic mass is 10.0. The van der Waals surface area contributed by atoms with Crippen molar-refractivity contribution in [2.24, 2.45) is 0 Å². The first-order chi connectivity index (χ1) is 5.19. The third-order valence-electron chi connectivity index (χ3n) is 3.34. The summed E-state index contributed by atoms with van der Waals surface area (Å²) in [6.07, 6.45) is 5.68. The van der Waals surface area contributed by atoms with Crippen LogP contribution in [0, 0.1) is 0 Å². The molecule has 2 atom stereocenters. The van der Waals surface area contributed by atoms with Crippen LogP contribution in [0.15, 0.2) is 0 Å². The fourth-order valence-electron chi connectivity index (χ4n) is 2.29. The zero-order valence-electron chi connectivity index (χ0n) is 8.27. The molecule has 0 aliphatic carbocycles. The lowest BCUT2D eigenvalue weighted by Gasteiger charge is -2.43. The van der Waals surface area contributed by atoms with E-state index in [1.807, 2.05) is 0 Å². The van der Waals surface area contributed by atoms with Crippen LogP contribution in [0.2, 0.25) is 0 Å². The van der Waals surface area contributed by atoms with E-state index in [4.69, 9.17) is 0 Å². The minimum absolute atomic E-state index is 0.906. The number of piperidine rings is 1. The summed E-state index contributed by atoms with van der Waals surface area (Å²) in [6.45, 7) is 7.50. The largest absolute Gasteiger partial charge is 0.324 e. The highest BCUT2D eigenvalue weighted by atomic mass is 15.4. The monoisotopic (exact) mass is 156 g/mol. The zero-order chi connectivity index (χ0) is 8.32. The van der Waals surface area contributed by atoms with Crippen molar-refractivity contribution >= 4 is 0 Å². The maximum Gasteiger partial charge on any atom is 0.0859 e. The van der Waals surface area contributed by atoms with Gasteiger partial charge in [-0.25, -0.2) is 0 Å². The smallest absolute Gasteiger partial charge is 0.0859 e. The van der Waals surface area contributed by atoms with Gasteiger partial charge in [0.2, 0.25) is 0 Å². The van der Waals surface area contributed by atoms with E-state index in [1.165, 1.54) is 43.3 Å². The number of rotatable bonds is 2. The van der Waals surface area contributed by atoms with Crippen LogP contribution in [0.25, 0.3) is 0 Å². The van der Waals surface area contributed by atoms with Gasteiger partial charge < -0.3 is 4.48 Å². The Bertz CT molecular complexity index is 118. The molecule has 1 aliphatic rings. The Kier molecular flexibility index (Phi) is 2.94. The fraction of sp³-hybridized carbons (Fsp3) is 1.00. The summed E-state index contributed by atoms with van der Waals surface area (Å²) in [5, 5.41) is 0. The molecule has 0 aromatic heterocycles. The Balaban J connectivity index is 2.49. The summed E-state index contributed by atoms with van der Waals surface area (Å²) in [7, 11) is 2.42. The molecule has 1 heterocycles. The average molecular weight is 156 g/mol. The molecule has 0 unspecified atom stereocenters. The minimum atomic E-state index is 0.906. The second kappa shape index (κ2) is 3.57. The van der Waals surface area contributed by atoms with E-state index >= 15 is 0 Å². The summed E-state index contributed by atoms with van der Waals surface area (Å²) < 4.78 is 1.33. The first-order valence-electron chi connectivity index (χ1n) is 5.03. The summed E-state index contributed by atoms with van der Waals surface area (Å²) >= 11 is 0. The van der Waals surface area contributed by atoms with Crippen molar-refractivity contribution in [2.45, 2.75) is 45.6 Å². The molecule has 0 bridgehead atoms. The number of likely N-dealkylation sites (tertiary alicyclic amines) is 1. The van der Waals surface area contributed by atoms with Crippen LogP contribution in [0.1, 0.15) is 39.5 Å². The molecule has 0 radical (unpaired) electrons. The van der Waals surface area contributed by atoms with E-state index in [9.17, 15) is 0 Å².